The minimum atomic E-state index is 0.0576. The summed E-state index contributed by atoms with van der Waals surface area (Å²) in [6.45, 7) is 4.67. The first-order chi connectivity index (χ1) is 12.6. The van der Waals surface area contributed by atoms with Crippen LogP contribution in [0.1, 0.15) is 53.6 Å². The van der Waals surface area contributed by atoms with Crippen LogP contribution in [0.5, 0.6) is 0 Å². The van der Waals surface area contributed by atoms with Crippen LogP contribution in [-0.4, -0.2) is 66.4 Å². The van der Waals surface area contributed by atoms with Crippen LogP contribution < -0.4 is 0 Å². The molecule has 4 heterocycles. The van der Waals surface area contributed by atoms with Gasteiger partial charge in [0.25, 0.3) is 5.91 Å². The fourth-order valence-corrected chi connectivity index (χ4v) is 4.10. The van der Waals surface area contributed by atoms with Gasteiger partial charge in [-0.1, -0.05) is 0 Å². The number of aryl methyl sites for hydroxylation is 1. The molecule has 0 spiro atoms. The molecule has 1 amide bonds. The molecule has 8 nitrogen and oxygen atoms in total. The maximum absolute atomic E-state index is 12.7. The Morgan fingerprint density at radius 1 is 1.15 bits per heavy atom. The third-order valence-electron chi connectivity index (χ3n) is 5.59. The van der Waals surface area contributed by atoms with Crippen molar-refractivity contribution in [1.82, 2.24) is 34.3 Å². The van der Waals surface area contributed by atoms with Gasteiger partial charge in [0.05, 0.1) is 18.3 Å². The van der Waals surface area contributed by atoms with Crippen molar-refractivity contribution in [3.63, 3.8) is 0 Å². The summed E-state index contributed by atoms with van der Waals surface area (Å²) in [6, 6.07) is 0. The molecule has 4 rings (SSSR count). The number of amides is 1. The van der Waals surface area contributed by atoms with Gasteiger partial charge >= 0.3 is 0 Å². The summed E-state index contributed by atoms with van der Waals surface area (Å²) in [5.41, 5.74) is 0.654. The maximum Gasteiger partial charge on any atom is 0.257 e. The Hall–Kier alpha value is -2.22. The smallest absolute Gasteiger partial charge is 0.257 e. The third-order valence-corrected chi connectivity index (χ3v) is 5.59. The van der Waals surface area contributed by atoms with Crippen molar-refractivity contribution >= 4 is 5.91 Å². The van der Waals surface area contributed by atoms with Crippen molar-refractivity contribution in [3.8, 4) is 0 Å². The van der Waals surface area contributed by atoms with Gasteiger partial charge in [-0.2, -0.15) is 5.10 Å². The van der Waals surface area contributed by atoms with E-state index in [1.54, 1.807) is 17.1 Å². The summed E-state index contributed by atoms with van der Waals surface area (Å²) in [6.07, 6.45) is 8.01. The van der Waals surface area contributed by atoms with E-state index in [2.05, 4.69) is 31.8 Å². The third kappa shape index (κ3) is 3.38. The van der Waals surface area contributed by atoms with E-state index in [4.69, 9.17) is 0 Å². The Morgan fingerprint density at radius 2 is 1.96 bits per heavy atom. The molecule has 8 heteroatoms. The Labute approximate surface area is 153 Å². The van der Waals surface area contributed by atoms with Gasteiger partial charge in [-0.15, -0.1) is 10.2 Å². The fourth-order valence-electron chi connectivity index (χ4n) is 4.10. The zero-order valence-electron chi connectivity index (χ0n) is 15.6. The Balaban J connectivity index is 1.46. The first kappa shape index (κ1) is 17.2. The number of carbonyl (C=O) groups excluding carboxylic acids is 1. The minimum absolute atomic E-state index is 0.0576. The number of aromatic nitrogens is 5. The van der Waals surface area contributed by atoms with Gasteiger partial charge in [0.2, 0.25) is 0 Å². The average Bonchev–Trinajstić information content (AvgIpc) is 3.38. The summed E-state index contributed by atoms with van der Waals surface area (Å²) >= 11 is 0. The van der Waals surface area contributed by atoms with Crippen LogP contribution >= 0.6 is 0 Å². The van der Waals surface area contributed by atoms with Crippen LogP contribution in [0.25, 0.3) is 0 Å². The number of nitrogens with zero attached hydrogens (tertiary/aromatic N) is 7. The van der Waals surface area contributed by atoms with Gasteiger partial charge in [-0.05, 0) is 38.8 Å². The van der Waals surface area contributed by atoms with Gasteiger partial charge in [0.15, 0.2) is 0 Å². The molecule has 2 saturated heterocycles. The molecule has 1 atom stereocenters. The van der Waals surface area contributed by atoms with Gasteiger partial charge < -0.3 is 9.47 Å². The highest BCUT2D eigenvalue weighted by atomic mass is 16.2. The molecule has 0 radical (unpaired) electrons. The van der Waals surface area contributed by atoms with Crippen LogP contribution in [0.3, 0.4) is 0 Å². The largest absolute Gasteiger partial charge is 0.338 e. The topological polar surface area (TPSA) is 72.1 Å². The predicted octanol–water partition coefficient (Wildman–Crippen LogP) is 1.16. The second kappa shape index (κ2) is 7.19. The molecular formula is C18H27N7O. The molecule has 0 aromatic carbocycles. The molecule has 2 fully saturated rings. The Morgan fingerprint density at radius 3 is 2.69 bits per heavy atom. The lowest BCUT2D eigenvalue weighted by molar-refractivity contribution is 0.0703. The molecule has 2 aliphatic heterocycles. The highest BCUT2D eigenvalue weighted by Crippen LogP contribution is 2.27. The zero-order chi connectivity index (χ0) is 18.1. The van der Waals surface area contributed by atoms with E-state index in [1.807, 2.05) is 11.9 Å². The molecule has 0 bridgehead atoms. The van der Waals surface area contributed by atoms with Crippen molar-refractivity contribution in [3.05, 3.63) is 29.6 Å². The van der Waals surface area contributed by atoms with Crippen LogP contribution in [-0.2, 0) is 20.6 Å². The number of hydrogen-bond donors (Lipinski definition) is 0. The van der Waals surface area contributed by atoms with Crippen LogP contribution in [0.15, 0.2) is 12.4 Å². The number of carbonyl (C=O) groups is 1. The zero-order valence-corrected chi connectivity index (χ0v) is 15.6. The van der Waals surface area contributed by atoms with Crippen molar-refractivity contribution < 1.29 is 4.79 Å². The summed E-state index contributed by atoms with van der Waals surface area (Å²) in [4.78, 5) is 17.1. The monoisotopic (exact) mass is 357 g/mol. The highest BCUT2D eigenvalue weighted by molar-refractivity contribution is 5.93. The van der Waals surface area contributed by atoms with E-state index >= 15 is 0 Å². The SMILES string of the molecule is Cn1cc(C(=O)N2CCC[C@H](c3nnc(CN4CCCC4)n3C)C2)cn1. The molecule has 2 aromatic rings. The molecule has 26 heavy (non-hydrogen) atoms. The van der Waals surface area contributed by atoms with Crippen LogP contribution in [0, 0.1) is 0 Å². The molecule has 0 saturated carbocycles. The predicted molar refractivity (Wildman–Crippen MR) is 96.6 cm³/mol. The van der Waals surface area contributed by atoms with Crippen molar-refractivity contribution in [2.24, 2.45) is 14.1 Å². The van der Waals surface area contributed by atoms with Crippen molar-refractivity contribution in [2.45, 2.75) is 38.1 Å². The normalized spacial score (nSPS) is 21.5. The highest BCUT2D eigenvalue weighted by Gasteiger charge is 2.29. The first-order valence-electron chi connectivity index (χ1n) is 9.50. The summed E-state index contributed by atoms with van der Waals surface area (Å²) in [7, 11) is 3.89. The van der Waals surface area contributed by atoms with E-state index in [9.17, 15) is 4.79 Å². The van der Waals surface area contributed by atoms with Gasteiger partial charge in [-0.25, -0.2) is 0 Å². The second-order valence-corrected chi connectivity index (χ2v) is 7.51. The van der Waals surface area contributed by atoms with E-state index in [-0.39, 0.29) is 11.8 Å². The Kier molecular flexibility index (Phi) is 4.76. The molecule has 2 aliphatic rings. The maximum atomic E-state index is 12.7. The average molecular weight is 357 g/mol. The molecular weight excluding hydrogens is 330 g/mol. The first-order valence-corrected chi connectivity index (χ1v) is 9.50. The molecule has 0 N–H and O–H groups in total. The van der Waals surface area contributed by atoms with Crippen molar-refractivity contribution in [1.29, 1.82) is 0 Å². The minimum Gasteiger partial charge on any atom is -0.338 e. The Bertz CT molecular complexity index is 774. The molecule has 0 unspecified atom stereocenters. The summed E-state index contributed by atoms with van der Waals surface area (Å²) in [5.74, 6) is 2.33. The number of piperidine rings is 1. The van der Waals surface area contributed by atoms with E-state index in [0.717, 1.165) is 50.7 Å². The number of rotatable bonds is 4. The standard InChI is InChI=1S/C18H27N7O/c1-22-11-15(10-19-22)18(26)25-9-5-6-14(12-25)17-21-20-16(23(17)2)13-24-7-3-4-8-24/h10-11,14H,3-9,12-13H2,1-2H3/t14-/m0/s1. The van der Waals surface area contributed by atoms with E-state index in [0.29, 0.717) is 12.1 Å². The summed E-state index contributed by atoms with van der Waals surface area (Å²) in [5, 5.41) is 13.0. The van der Waals surface area contributed by atoms with E-state index in [1.165, 1.54) is 12.8 Å². The van der Waals surface area contributed by atoms with Gasteiger partial charge in [0, 0.05) is 39.3 Å². The van der Waals surface area contributed by atoms with Gasteiger partial charge in [0.1, 0.15) is 11.6 Å². The van der Waals surface area contributed by atoms with Gasteiger partial charge in [-0.3, -0.25) is 14.4 Å². The quantitative estimate of drug-likeness (QED) is 0.821. The fraction of sp³-hybridized carbons (Fsp3) is 0.667. The van der Waals surface area contributed by atoms with E-state index < -0.39 is 0 Å². The van der Waals surface area contributed by atoms with Crippen LogP contribution in [0.4, 0.5) is 0 Å². The molecule has 2 aromatic heterocycles. The summed E-state index contributed by atoms with van der Waals surface area (Å²) < 4.78 is 3.81. The lowest BCUT2D eigenvalue weighted by Crippen LogP contribution is -2.39. The lowest BCUT2D eigenvalue weighted by Gasteiger charge is -2.32. The lowest BCUT2D eigenvalue weighted by atomic mass is 9.96. The number of likely N-dealkylation sites (tertiary alicyclic amines) is 2. The molecule has 0 aliphatic carbocycles. The number of hydrogen-bond acceptors (Lipinski definition) is 5. The second-order valence-electron chi connectivity index (χ2n) is 7.51. The van der Waals surface area contributed by atoms with Crippen molar-refractivity contribution in [2.75, 3.05) is 26.2 Å². The van der Waals surface area contributed by atoms with Crippen LogP contribution in [0.2, 0.25) is 0 Å². The molecule has 140 valence electrons.